The van der Waals surface area contributed by atoms with Gasteiger partial charge in [0.1, 0.15) is 0 Å². The van der Waals surface area contributed by atoms with E-state index in [0.29, 0.717) is 24.0 Å². The van der Waals surface area contributed by atoms with Crippen molar-refractivity contribution in [2.75, 3.05) is 6.61 Å². The Balaban J connectivity index is 3.21. The Morgan fingerprint density at radius 3 is 2.73 bits per heavy atom. The summed E-state index contributed by atoms with van der Waals surface area (Å²) in [7, 11) is 0. The molecule has 0 aliphatic heterocycles. The van der Waals surface area contributed by atoms with Crippen LogP contribution in [0.1, 0.15) is 33.2 Å². The second-order valence-corrected chi connectivity index (χ2v) is 3.88. The summed E-state index contributed by atoms with van der Waals surface area (Å²) in [5.41, 5.74) is 1.56. The minimum Gasteiger partial charge on any atom is -0.462 e. The van der Waals surface area contributed by atoms with Crippen molar-refractivity contribution in [2.24, 2.45) is 0 Å². The van der Waals surface area contributed by atoms with Gasteiger partial charge in [-0.05, 0) is 31.5 Å². The number of hydrogen-bond acceptors (Lipinski definition) is 3. The van der Waals surface area contributed by atoms with Crippen molar-refractivity contribution in [3.63, 3.8) is 0 Å². The SMILES string of the molecule is CCOC(=O)c1cc(Br)c(C)cc1C=O. The largest absolute Gasteiger partial charge is 0.462 e. The second kappa shape index (κ2) is 5.07. The predicted octanol–water partition coefficient (Wildman–Crippen LogP) is 2.75. The lowest BCUT2D eigenvalue weighted by molar-refractivity contribution is 0.0524. The molecule has 1 aromatic rings. The molecule has 4 heteroatoms. The Bertz CT molecular complexity index is 399. The summed E-state index contributed by atoms with van der Waals surface area (Å²) in [4.78, 5) is 22.3. The van der Waals surface area contributed by atoms with Crippen LogP contribution in [0.15, 0.2) is 16.6 Å². The molecule has 0 aromatic heterocycles. The number of hydrogen-bond donors (Lipinski definition) is 0. The van der Waals surface area contributed by atoms with Crippen molar-refractivity contribution in [2.45, 2.75) is 13.8 Å². The molecule has 0 bridgehead atoms. The van der Waals surface area contributed by atoms with Gasteiger partial charge in [0.25, 0.3) is 0 Å². The lowest BCUT2D eigenvalue weighted by atomic mass is 10.1. The summed E-state index contributed by atoms with van der Waals surface area (Å²) in [6.07, 6.45) is 0.658. The molecule has 1 aromatic carbocycles. The van der Waals surface area contributed by atoms with Crippen molar-refractivity contribution < 1.29 is 14.3 Å². The number of halogens is 1. The van der Waals surface area contributed by atoms with Gasteiger partial charge < -0.3 is 4.74 Å². The van der Waals surface area contributed by atoms with Crippen LogP contribution in [0.4, 0.5) is 0 Å². The molecule has 0 spiro atoms. The van der Waals surface area contributed by atoms with Gasteiger partial charge in [0.15, 0.2) is 6.29 Å². The van der Waals surface area contributed by atoms with E-state index in [1.807, 2.05) is 6.92 Å². The zero-order valence-electron chi connectivity index (χ0n) is 8.54. The van der Waals surface area contributed by atoms with Crippen LogP contribution in [-0.2, 0) is 4.74 Å². The quantitative estimate of drug-likeness (QED) is 0.627. The standard InChI is InChI=1S/C11H11BrO3/c1-3-15-11(14)9-5-10(12)7(2)4-8(9)6-13/h4-6H,3H2,1-2H3. The molecular formula is C11H11BrO3. The van der Waals surface area contributed by atoms with E-state index < -0.39 is 5.97 Å². The normalized spacial score (nSPS) is 9.80. The van der Waals surface area contributed by atoms with Crippen molar-refractivity contribution in [1.82, 2.24) is 0 Å². The molecule has 80 valence electrons. The van der Waals surface area contributed by atoms with Crippen LogP contribution in [0.5, 0.6) is 0 Å². The maximum Gasteiger partial charge on any atom is 0.338 e. The van der Waals surface area contributed by atoms with Crippen LogP contribution in [0.3, 0.4) is 0 Å². The maximum atomic E-state index is 11.5. The average Bonchev–Trinajstić information content (AvgIpc) is 2.21. The topological polar surface area (TPSA) is 43.4 Å². The van der Waals surface area contributed by atoms with Crippen molar-refractivity contribution in [3.05, 3.63) is 33.3 Å². The minimum atomic E-state index is -0.472. The first-order chi connectivity index (χ1) is 7.10. The number of benzene rings is 1. The van der Waals surface area contributed by atoms with E-state index in [2.05, 4.69) is 15.9 Å². The van der Waals surface area contributed by atoms with Gasteiger partial charge in [-0.3, -0.25) is 4.79 Å². The van der Waals surface area contributed by atoms with E-state index in [-0.39, 0.29) is 0 Å². The summed E-state index contributed by atoms with van der Waals surface area (Å²) in [6.45, 7) is 3.87. The smallest absolute Gasteiger partial charge is 0.338 e. The zero-order valence-corrected chi connectivity index (χ0v) is 10.1. The Kier molecular flexibility index (Phi) is 4.03. The molecule has 0 unspecified atom stereocenters. The van der Waals surface area contributed by atoms with Gasteiger partial charge in [-0.25, -0.2) is 4.79 Å². The van der Waals surface area contributed by atoms with Gasteiger partial charge in [-0.15, -0.1) is 0 Å². The van der Waals surface area contributed by atoms with E-state index in [1.165, 1.54) is 0 Å². The summed E-state index contributed by atoms with van der Waals surface area (Å²) < 4.78 is 5.63. The number of carbonyl (C=O) groups is 2. The van der Waals surface area contributed by atoms with Crippen LogP contribution in [0.2, 0.25) is 0 Å². The van der Waals surface area contributed by atoms with E-state index in [4.69, 9.17) is 4.74 Å². The molecule has 0 heterocycles. The highest BCUT2D eigenvalue weighted by Gasteiger charge is 2.13. The van der Waals surface area contributed by atoms with Crippen LogP contribution >= 0.6 is 15.9 Å². The third kappa shape index (κ3) is 2.65. The molecule has 15 heavy (non-hydrogen) atoms. The van der Waals surface area contributed by atoms with Crippen molar-refractivity contribution in [3.8, 4) is 0 Å². The average molecular weight is 271 g/mol. The highest BCUT2D eigenvalue weighted by atomic mass is 79.9. The summed E-state index contributed by atoms with van der Waals surface area (Å²) >= 11 is 3.31. The third-order valence-electron chi connectivity index (χ3n) is 1.95. The van der Waals surface area contributed by atoms with Crippen LogP contribution < -0.4 is 0 Å². The molecule has 3 nitrogen and oxygen atoms in total. The van der Waals surface area contributed by atoms with E-state index in [0.717, 1.165) is 10.0 Å². The molecule has 1 rings (SSSR count). The fourth-order valence-electron chi connectivity index (χ4n) is 1.19. The highest BCUT2D eigenvalue weighted by Crippen LogP contribution is 2.21. The summed E-state index contributed by atoms with van der Waals surface area (Å²) in [6, 6.07) is 3.26. The number of aldehydes is 1. The Hall–Kier alpha value is -1.16. The minimum absolute atomic E-state index is 0.294. The molecule has 0 fully saturated rings. The molecule has 0 N–H and O–H groups in total. The number of rotatable bonds is 3. The van der Waals surface area contributed by atoms with Gasteiger partial charge in [0, 0.05) is 10.0 Å². The molecule has 0 amide bonds. The lowest BCUT2D eigenvalue weighted by Gasteiger charge is -2.07. The third-order valence-corrected chi connectivity index (χ3v) is 2.81. The summed E-state index contributed by atoms with van der Waals surface area (Å²) in [5, 5.41) is 0. The van der Waals surface area contributed by atoms with Gasteiger partial charge in [0.2, 0.25) is 0 Å². The van der Waals surface area contributed by atoms with Crippen molar-refractivity contribution >= 4 is 28.2 Å². The number of esters is 1. The van der Waals surface area contributed by atoms with Gasteiger partial charge in [-0.1, -0.05) is 15.9 Å². The lowest BCUT2D eigenvalue weighted by Crippen LogP contribution is -2.08. The molecular weight excluding hydrogens is 260 g/mol. The monoisotopic (exact) mass is 270 g/mol. The Morgan fingerprint density at radius 2 is 2.20 bits per heavy atom. The number of carbonyl (C=O) groups excluding carboxylic acids is 2. The van der Waals surface area contributed by atoms with E-state index >= 15 is 0 Å². The van der Waals surface area contributed by atoms with Crippen LogP contribution in [-0.4, -0.2) is 18.9 Å². The molecule has 0 aliphatic rings. The molecule has 0 aliphatic carbocycles. The number of ether oxygens (including phenoxy) is 1. The molecule has 0 saturated heterocycles. The highest BCUT2D eigenvalue weighted by molar-refractivity contribution is 9.10. The maximum absolute atomic E-state index is 11.5. The molecule has 0 atom stereocenters. The first kappa shape index (κ1) is 11.9. The number of aryl methyl sites for hydroxylation is 1. The fraction of sp³-hybridized carbons (Fsp3) is 0.273. The first-order valence-electron chi connectivity index (χ1n) is 4.52. The zero-order chi connectivity index (χ0) is 11.4. The van der Waals surface area contributed by atoms with Gasteiger partial charge in [-0.2, -0.15) is 0 Å². The van der Waals surface area contributed by atoms with Crippen LogP contribution in [0.25, 0.3) is 0 Å². The Morgan fingerprint density at radius 1 is 1.53 bits per heavy atom. The molecule has 0 saturated carbocycles. The first-order valence-corrected chi connectivity index (χ1v) is 5.32. The van der Waals surface area contributed by atoms with E-state index in [9.17, 15) is 9.59 Å². The predicted molar refractivity (Wildman–Crippen MR) is 60.2 cm³/mol. The van der Waals surface area contributed by atoms with Gasteiger partial charge in [0.05, 0.1) is 12.2 Å². The van der Waals surface area contributed by atoms with Gasteiger partial charge >= 0.3 is 5.97 Å². The van der Waals surface area contributed by atoms with E-state index in [1.54, 1.807) is 19.1 Å². The Labute approximate surface area is 96.6 Å². The van der Waals surface area contributed by atoms with Crippen molar-refractivity contribution in [1.29, 1.82) is 0 Å². The summed E-state index contributed by atoms with van der Waals surface area (Å²) in [5.74, 6) is -0.472. The molecule has 0 radical (unpaired) electrons. The second-order valence-electron chi connectivity index (χ2n) is 3.03. The fourth-order valence-corrected chi connectivity index (χ4v) is 1.53. The van der Waals surface area contributed by atoms with Crippen LogP contribution in [0, 0.1) is 6.92 Å².